The average Bonchev–Trinajstić information content (AvgIpc) is 2.78. The molecule has 0 atom stereocenters. The molecule has 9 nitrogen and oxygen atoms in total. The lowest BCUT2D eigenvalue weighted by molar-refractivity contribution is 0.566. The van der Waals surface area contributed by atoms with Gasteiger partial charge in [-0.15, -0.1) is 0 Å². The Bertz CT molecular complexity index is 1330. The van der Waals surface area contributed by atoms with Crippen molar-refractivity contribution in [2.45, 2.75) is 58.5 Å². The van der Waals surface area contributed by atoms with Gasteiger partial charge in [-0.2, -0.15) is 0 Å². The van der Waals surface area contributed by atoms with Crippen LogP contribution in [-0.2, 0) is 13.1 Å². The normalized spacial score (nSPS) is 12.8. The van der Waals surface area contributed by atoms with Crippen molar-refractivity contribution in [3.63, 3.8) is 0 Å². The highest BCUT2D eigenvalue weighted by Gasteiger charge is 2.35. The third kappa shape index (κ3) is 4.08. The van der Waals surface area contributed by atoms with Crippen molar-refractivity contribution in [2.75, 3.05) is 5.32 Å². The Morgan fingerprint density at radius 2 is 1.24 bits per heavy atom. The second-order valence-electron chi connectivity index (χ2n) is 8.17. The van der Waals surface area contributed by atoms with E-state index in [0.29, 0.717) is 23.4 Å². The van der Waals surface area contributed by atoms with Crippen molar-refractivity contribution < 1.29 is 0 Å². The molecule has 0 bridgehead atoms. The number of anilines is 2. The zero-order valence-electron chi connectivity index (χ0n) is 18.5. The Hall–Kier alpha value is -3.33. The van der Waals surface area contributed by atoms with Crippen molar-refractivity contribution in [2.24, 2.45) is 0 Å². The fourth-order valence-electron chi connectivity index (χ4n) is 4.20. The van der Waals surface area contributed by atoms with Crippen LogP contribution < -0.4 is 27.8 Å². The fraction of sp³-hybridized carbons (Fsp3) is 0.391. The summed E-state index contributed by atoms with van der Waals surface area (Å²) in [6.07, 6.45) is 2.95. The van der Waals surface area contributed by atoms with Crippen molar-refractivity contribution in [3.05, 3.63) is 87.7 Å². The topological polar surface area (TPSA) is 122 Å². The third-order valence-corrected chi connectivity index (χ3v) is 6.20. The highest BCUT2D eigenvalue weighted by atomic mass is 35.5. The number of hydrogen-bond donors (Lipinski definition) is 3. The Labute approximate surface area is 194 Å². The molecule has 2 aromatic heterocycles. The number of fused-ring (bicyclic) bond motifs is 2. The molecule has 3 aromatic rings. The number of unbranched alkanes of at least 4 members (excludes halogenated alkanes) is 2. The predicted molar refractivity (Wildman–Crippen MR) is 128 cm³/mol. The van der Waals surface area contributed by atoms with Gasteiger partial charge in [0.25, 0.3) is 11.1 Å². The maximum absolute atomic E-state index is 13.5. The molecule has 1 aliphatic heterocycles. The van der Waals surface area contributed by atoms with E-state index < -0.39 is 28.4 Å². The van der Waals surface area contributed by atoms with Crippen LogP contribution in [0, 0.1) is 0 Å². The van der Waals surface area contributed by atoms with Crippen molar-refractivity contribution in [1.29, 1.82) is 0 Å². The van der Waals surface area contributed by atoms with E-state index in [1.54, 1.807) is 24.3 Å². The predicted octanol–water partition coefficient (Wildman–Crippen LogP) is 2.88. The molecule has 0 amide bonds. The standard InChI is InChI=1S/C23H26ClN5O4/c1-3-5-11-28-20(30)16-15(13-7-9-14(24)10-8-13)17-19(25-18(16)26-22(28)32)27-23(33)29(21(17)31)12-6-4-2/h7-10,15,25H,3-6,11-12H2,1-2H3,(H,26,32)(H,27,33). The van der Waals surface area contributed by atoms with Crippen LogP contribution in [0.5, 0.6) is 0 Å². The van der Waals surface area contributed by atoms with E-state index in [1.807, 2.05) is 13.8 Å². The minimum atomic E-state index is -0.789. The molecule has 1 aromatic carbocycles. The lowest BCUT2D eigenvalue weighted by Crippen LogP contribution is -2.44. The Kier molecular flexibility index (Phi) is 6.42. The summed E-state index contributed by atoms with van der Waals surface area (Å²) >= 11 is 6.08. The number of nitrogens with zero attached hydrogens (tertiary/aromatic N) is 2. The first-order valence-corrected chi connectivity index (χ1v) is 11.5. The number of nitrogens with one attached hydrogen (secondary N) is 3. The van der Waals surface area contributed by atoms with Gasteiger partial charge in [-0.3, -0.25) is 28.7 Å². The number of rotatable bonds is 7. The van der Waals surface area contributed by atoms with E-state index in [-0.39, 0.29) is 35.9 Å². The first-order valence-electron chi connectivity index (χ1n) is 11.1. The van der Waals surface area contributed by atoms with Crippen LogP contribution in [0.15, 0.2) is 43.4 Å². The van der Waals surface area contributed by atoms with Crippen LogP contribution >= 0.6 is 11.6 Å². The molecule has 0 saturated heterocycles. The van der Waals surface area contributed by atoms with Crippen molar-refractivity contribution in [3.8, 4) is 0 Å². The van der Waals surface area contributed by atoms with Crippen LogP contribution in [0.3, 0.4) is 0 Å². The molecule has 0 fully saturated rings. The maximum Gasteiger partial charge on any atom is 0.329 e. The molecule has 4 rings (SSSR count). The highest BCUT2D eigenvalue weighted by molar-refractivity contribution is 6.30. The number of H-pyrrole nitrogens is 2. The van der Waals surface area contributed by atoms with Gasteiger partial charge in [0.15, 0.2) is 0 Å². The first-order chi connectivity index (χ1) is 15.9. The molecule has 0 spiro atoms. The van der Waals surface area contributed by atoms with Gasteiger partial charge in [-0.1, -0.05) is 50.4 Å². The summed E-state index contributed by atoms with van der Waals surface area (Å²) in [5, 5.41) is 3.43. The molecule has 3 N–H and O–H groups in total. The monoisotopic (exact) mass is 471 g/mol. The van der Waals surface area contributed by atoms with Gasteiger partial charge in [-0.05, 0) is 30.5 Å². The Morgan fingerprint density at radius 1 is 0.788 bits per heavy atom. The van der Waals surface area contributed by atoms with E-state index in [9.17, 15) is 19.2 Å². The van der Waals surface area contributed by atoms with E-state index in [0.717, 1.165) is 12.8 Å². The molecule has 33 heavy (non-hydrogen) atoms. The lowest BCUT2D eigenvalue weighted by Gasteiger charge is -2.28. The molecule has 0 unspecified atom stereocenters. The van der Waals surface area contributed by atoms with Crippen molar-refractivity contribution >= 4 is 23.2 Å². The lowest BCUT2D eigenvalue weighted by atomic mass is 9.84. The second-order valence-corrected chi connectivity index (χ2v) is 8.60. The third-order valence-electron chi connectivity index (χ3n) is 5.95. The largest absolute Gasteiger partial charge is 0.329 e. The molecule has 174 valence electrons. The molecular formula is C23H26ClN5O4. The van der Waals surface area contributed by atoms with Gasteiger partial charge in [-0.25, -0.2) is 9.59 Å². The summed E-state index contributed by atoms with van der Waals surface area (Å²) in [5.41, 5.74) is -0.857. The minimum absolute atomic E-state index is 0.173. The van der Waals surface area contributed by atoms with Crippen LogP contribution in [0.2, 0.25) is 5.02 Å². The smallest absolute Gasteiger partial charge is 0.327 e. The van der Waals surface area contributed by atoms with Crippen molar-refractivity contribution in [1.82, 2.24) is 19.1 Å². The van der Waals surface area contributed by atoms with Gasteiger partial charge in [0, 0.05) is 18.1 Å². The molecule has 0 aliphatic carbocycles. The number of halogens is 1. The van der Waals surface area contributed by atoms with Gasteiger partial charge in [0.1, 0.15) is 11.6 Å². The summed E-state index contributed by atoms with van der Waals surface area (Å²) in [7, 11) is 0. The summed E-state index contributed by atoms with van der Waals surface area (Å²) < 4.78 is 2.33. The van der Waals surface area contributed by atoms with Gasteiger partial charge < -0.3 is 5.32 Å². The summed E-state index contributed by atoms with van der Waals surface area (Å²) in [6.45, 7) is 4.48. The number of hydrogen-bond acceptors (Lipinski definition) is 5. The molecular weight excluding hydrogens is 446 g/mol. The Morgan fingerprint density at radius 3 is 1.67 bits per heavy atom. The van der Waals surface area contributed by atoms with E-state index in [4.69, 9.17) is 11.6 Å². The summed E-state index contributed by atoms with van der Waals surface area (Å²) in [4.78, 5) is 57.8. The van der Waals surface area contributed by atoms with Gasteiger partial charge in [0.05, 0.1) is 17.0 Å². The SMILES string of the molecule is CCCCn1c(=O)[nH]c2c(c1=O)C(c1ccc(Cl)cc1)c1c([nH]c(=O)n(CCCC)c1=O)N2. The van der Waals surface area contributed by atoms with Gasteiger partial charge >= 0.3 is 11.4 Å². The van der Waals surface area contributed by atoms with E-state index in [1.165, 1.54) is 9.13 Å². The van der Waals surface area contributed by atoms with Crippen LogP contribution in [0.1, 0.15) is 62.1 Å². The maximum atomic E-state index is 13.5. The zero-order valence-corrected chi connectivity index (χ0v) is 19.3. The molecule has 10 heteroatoms. The quantitative estimate of drug-likeness (QED) is 0.382. The summed E-state index contributed by atoms with van der Waals surface area (Å²) in [5.74, 6) is -0.443. The minimum Gasteiger partial charge on any atom is -0.327 e. The van der Waals surface area contributed by atoms with Crippen LogP contribution in [0.25, 0.3) is 0 Å². The van der Waals surface area contributed by atoms with E-state index in [2.05, 4.69) is 15.3 Å². The fourth-order valence-corrected chi connectivity index (χ4v) is 4.33. The Balaban J connectivity index is 2.03. The summed E-state index contributed by atoms with van der Waals surface area (Å²) in [6, 6.07) is 6.85. The molecule has 0 radical (unpaired) electrons. The highest BCUT2D eigenvalue weighted by Crippen LogP contribution is 2.39. The molecule has 1 aliphatic rings. The molecule has 3 heterocycles. The van der Waals surface area contributed by atoms with Gasteiger partial charge in [0.2, 0.25) is 0 Å². The molecule has 0 saturated carbocycles. The first kappa shape index (κ1) is 22.8. The number of aromatic amines is 2. The van der Waals surface area contributed by atoms with Crippen LogP contribution in [0.4, 0.5) is 11.6 Å². The number of aromatic nitrogens is 4. The van der Waals surface area contributed by atoms with Crippen LogP contribution in [-0.4, -0.2) is 19.1 Å². The zero-order chi connectivity index (χ0) is 23.7. The average molecular weight is 472 g/mol. The second kappa shape index (κ2) is 9.27. The van der Waals surface area contributed by atoms with E-state index >= 15 is 0 Å². The number of benzene rings is 1.